The topological polar surface area (TPSA) is 4.93 Å². The predicted molar refractivity (Wildman–Crippen MR) is 204 cm³/mol. The van der Waals surface area contributed by atoms with Gasteiger partial charge in [0.2, 0.25) is 0 Å². The summed E-state index contributed by atoms with van der Waals surface area (Å²) in [7, 11) is 0. The van der Waals surface area contributed by atoms with Crippen LogP contribution >= 0.6 is 0 Å². The molecule has 48 heavy (non-hydrogen) atoms. The number of hydrogen-bond donors (Lipinski definition) is 0. The number of aromatic nitrogens is 1. The van der Waals surface area contributed by atoms with Gasteiger partial charge in [-0.3, -0.25) is 0 Å². The van der Waals surface area contributed by atoms with Crippen molar-refractivity contribution in [2.75, 3.05) is 0 Å². The van der Waals surface area contributed by atoms with Crippen molar-refractivity contribution in [1.29, 1.82) is 0 Å². The van der Waals surface area contributed by atoms with Gasteiger partial charge in [0.1, 0.15) is 0 Å². The van der Waals surface area contributed by atoms with Gasteiger partial charge in [-0.05, 0) is 90.8 Å². The van der Waals surface area contributed by atoms with Gasteiger partial charge >= 0.3 is 0 Å². The lowest BCUT2D eigenvalue weighted by molar-refractivity contribution is 0.645. The van der Waals surface area contributed by atoms with Gasteiger partial charge in [-0.15, -0.1) is 0 Å². The van der Waals surface area contributed by atoms with Crippen LogP contribution in [0.3, 0.4) is 0 Å². The molecule has 0 fully saturated rings. The molecule has 0 atom stereocenters. The Morgan fingerprint density at radius 1 is 0.438 bits per heavy atom. The summed E-state index contributed by atoms with van der Waals surface area (Å²) in [5, 5.41) is 7.81. The zero-order valence-corrected chi connectivity index (χ0v) is 27.0. The van der Waals surface area contributed by atoms with Crippen LogP contribution in [0.5, 0.6) is 0 Å². The third-order valence-electron chi connectivity index (χ3n) is 10.7. The van der Waals surface area contributed by atoms with Crippen LogP contribution in [0.25, 0.3) is 82.4 Å². The molecule has 0 spiro atoms. The van der Waals surface area contributed by atoms with Crippen LogP contribution in [0, 0.1) is 0 Å². The molecule has 0 radical (unpaired) electrons. The summed E-state index contributed by atoms with van der Waals surface area (Å²) in [6, 6.07) is 60.6. The quantitative estimate of drug-likeness (QED) is 0.187. The second kappa shape index (κ2) is 10.0. The van der Waals surface area contributed by atoms with Crippen LogP contribution in [0.4, 0.5) is 0 Å². The van der Waals surface area contributed by atoms with E-state index in [4.69, 9.17) is 0 Å². The normalized spacial score (nSPS) is 13.4. The zero-order valence-electron chi connectivity index (χ0n) is 27.0. The highest BCUT2D eigenvalue weighted by Crippen LogP contribution is 2.53. The molecule has 1 aliphatic rings. The smallest absolute Gasteiger partial charge is 0.0626 e. The van der Waals surface area contributed by atoms with Gasteiger partial charge in [0.25, 0.3) is 0 Å². The van der Waals surface area contributed by atoms with E-state index in [0.717, 1.165) is 0 Å². The summed E-state index contributed by atoms with van der Waals surface area (Å²) in [4.78, 5) is 0. The van der Waals surface area contributed by atoms with E-state index in [-0.39, 0.29) is 5.41 Å². The molecule has 1 heteroatoms. The maximum absolute atomic E-state index is 2.57. The van der Waals surface area contributed by atoms with E-state index in [0.29, 0.717) is 0 Å². The minimum absolute atomic E-state index is 0.117. The number of fused-ring (bicyclic) bond motifs is 8. The fourth-order valence-electron chi connectivity index (χ4n) is 8.50. The summed E-state index contributed by atoms with van der Waals surface area (Å²) in [5.74, 6) is 0. The lowest BCUT2D eigenvalue weighted by atomic mass is 9.68. The fourth-order valence-corrected chi connectivity index (χ4v) is 8.50. The monoisotopic (exact) mass is 611 g/mol. The standard InChI is InChI=1S/C47H33N/c1-47(2)40-22-12-11-21-38(40)45-43-33(19-13-23-41(43)47)29-39-44-37-20-10-9-18-32(37)24-25-42(44)48(46(39)45)36-27-34(30-14-5-3-6-15-30)26-35(28-36)31-16-7-4-8-17-31/h3-29H,1-2H3. The highest BCUT2D eigenvalue weighted by Gasteiger charge is 2.35. The van der Waals surface area contributed by atoms with Crippen LogP contribution < -0.4 is 0 Å². The highest BCUT2D eigenvalue weighted by atomic mass is 15.0. The molecule has 226 valence electrons. The van der Waals surface area contributed by atoms with E-state index in [1.54, 1.807) is 0 Å². The summed E-state index contributed by atoms with van der Waals surface area (Å²) in [6.07, 6.45) is 0. The van der Waals surface area contributed by atoms with Gasteiger partial charge < -0.3 is 4.57 Å². The minimum atomic E-state index is -0.117. The lowest BCUT2D eigenvalue weighted by Gasteiger charge is -2.35. The van der Waals surface area contributed by atoms with Gasteiger partial charge in [-0.25, -0.2) is 0 Å². The minimum Gasteiger partial charge on any atom is -0.309 e. The Kier molecular flexibility index (Phi) is 5.69. The third-order valence-corrected chi connectivity index (χ3v) is 10.7. The first-order chi connectivity index (χ1) is 23.6. The first kappa shape index (κ1) is 27.2. The maximum Gasteiger partial charge on any atom is 0.0626 e. The van der Waals surface area contributed by atoms with Crippen molar-refractivity contribution in [2.45, 2.75) is 19.3 Å². The van der Waals surface area contributed by atoms with Crippen molar-refractivity contribution in [3.63, 3.8) is 0 Å². The van der Waals surface area contributed by atoms with Crippen LogP contribution in [-0.2, 0) is 5.41 Å². The highest BCUT2D eigenvalue weighted by molar-refractivity contribution is 6.28. The Labute approximate surface area is 280 Å². The van der Waals surface area contributed by atoms with Gasteiger partial charge in [0.15, 0.2) is 0 Å². The van der Waals surface area contributed by atoms with Crippen molar-refractivity contribution < 1.29 is 0 Å². The molecule has 0 aliphatic heterocycles. The fraction of sp³-hybridized carbons (Fsp3) is 0.0638. The molecule has 0 bridgehead atoms. The van der Waals surface area contributed by atoms with Crippen LogP contribution in [0.1, 0.15) is 25.0 Å². The van der Waals surface area contributed by atoms with Crippen molar-refractivity contribution in [3.8, 4) is 39.1 Å². The molecule has 1 aliphatic carbocycles. The van der Waals surface area contributed by atoms with Crippen molar-refractivity contribution in [3.05, 3.63) is 175 Å². The van der Waals surface area contributed by atoms with E-state index >= 15 is 0 Å². The molecule has 10 rings (SSSR count). The molecule has 1 heterocycles. The van der Waals surface area contributed by atoms with Gasteiger partial charge in [0.05, 0.1) is 11.0 Å². The number of hydrogen-bond acceptors (Lipinski definition) is 0. The van der Waals surface area contributed by atoms with E-state index < -0.39 is 0 Å². The molecular weight excluding hydrogens is 579 g/mol. The second-order valence-corrected chi connectivity index (χ2v) is 13.7. The van der Waals surface area contributed by atoms with E-state index in [9.17, 15) is 0 Å². The first-order valence-electron chi connectivity index (χ1n) is 16.9. The largest absolute Gasteiger partial charge is 0.309 e. The molecule has 0 saturated carbocycles. The summed E-state index contributed by atoms with van der Waals surface area (Å²) in [6.45, 7) is 4.76. The molecule has 0 saturated heterocycles. The molecule has 8 aromatic carbocycles. The molecule has 1 nitrogen and oxygen atoms in total. The van der Waals surface area contributed by atoms with Crippen molar-refractivity contribution in [1.82, 2.24) is 4.57 Å². The molecular formula is C47H33N. The summed E-state index contributed by atoms with van der Waals surface area (Å²) in [5.41, 5.74) is 13.8. The van der Waals surface area contributed by atoms with E-state index in [2.05, 4.69) is 182 Å². The Morgan fingerprint density at radius 2 is 1.06 bits per heavy atom. The molecule has 1 aromatic heterocycles. The Bertz CT molecular complexity index is 2670. The number of rotatable bonds is 3. The predicted octanol–water partition coefficient (Wildman–Crippen LogP) is 12.7. The van der Waals surface area contributed by atoms with Crippen molar-refractivity contribution >= 4 is 43.4 Å². The summed E-state index contributed by atoms with van der Waals surface area (Å²) < 4.78 is 2.57. The van der Waals surface area contributed by atoms with Crippen molar-refractivity contribution in [2.24, 2.45) is 0 Å². The lowest BCUT2D eigenvalue weighted by Crippen LogP contribution is -2.23. The third kappa shape index (κ3) is 3.79. The Balaban J connectivity index is 1.45. The number of benzene rings is 8. The van der Waals surface area contributed by atoms with Gasteiger partial charge in [-0.1, -0.05) is 147 Å². The Hall–Kier alpha value is -5.92. The van der Waals surface area contributed by atoms with Crippen LogP contribution in [0.15, 0.2) is 164 Å². The average molecular weight is 612 g/mol. The van der Waals surface area contributed by atoms with Crippen LogP contribution in [0.2, 0.25) is 0 Å². The van der Waals surface area contributed by atoms with Gasteiger partial charge in [0, 0.05) is 27.4 Å². The number of nitrogens with zero attached hydrogens (tertiary/aromatic N) is 1. The Morgan fingerprint density at radius 3 is 1.81 bits per heavy atom. The molecule has 0 N–H and O–H groups in total. The molecule has 0 amide bonds. The zero-order chi connectivity index (χ0) is 32.0. The van der Waals surface area contributed by atoms with Crippen LogP contribution in [-0.4, -0.2) is 4.57 Å². The SMILES string of the molecule is CC1(C)c2ccccc2-c2c3c1cccc3cc1c3c4ccccc4ccc3n(-c3cc(-c4ccccc4)cc(-c4ccccc4)c3)c21. The average Bonchev–Trinajstić information content (AvgIpc) is 3.48. The van der Waals surface area contributed by atoms with E-state index in [1.165, 1.54) is 93.5 Å². The van der Waals surface area contributed by atoms with E-state index in [1.807, 2.05) is 0 Å². The molecule has 9 aromatic rings. The van der Waals surface area contributed by atoms with Gasteiger partial charge in [-0.2, -0.15) is 0 Å². The maximum atomic E-state index is 2.57. The first-order valence-corrected chi connectivity index (χ1v) is 16.9. The molecule has 0 unspecified atom stereocenters. The summed E-state index contributed by atoms with van der Waals surface area (Å²) >= 11 is 0. The second-order valence-electron chi connectivity index (χ2n) is 13.7.